The largest absolute Gasteiger partial charge is 0.233 e. The van der Waals surface area contributed by atoms with Crippen molar-refractivity contribution in [2.45, 2.75) is 29.7 Å². The summed E-state index contributed by atoms with van der Waals surface area (Å²) < 4.78 is 28.2. The van der Waals surface area contributed by atoms with E-state index in [0.29, 0.717) is 9.79 Å². The first-order valence-corrected chi connectivity index (χ1v) is 9.57. The molecule has 0 radical (unpaired) electrons. The minimum absolute atomic E-state index is 0.433. The highest BCUT2D eigenvalue weighted by atomic mass is 32.2. The van der Waals surface area contributed by atoms with Gasteiger partial charge < -0.3 is 0 Å². The van der Waals surface area contributed by atoms with Crippen molar-refractivity contribution in [1.29, 1.82) is 0 Å². The molecule has 2 aliphatic rings. The molecule has 0 saturated carbocycles. The summed E-state index contributed by atoms with van der Waals surface area (Å²) >= 11 is 0. The minimum Gasteiger partial charge on any atom is -0.218 e. The second kappa shape index (κ2) is 4.54. The fraction of sp³-hybridized carbons (Fsp3) is 0.150. The maximum absolute atomic E-state index is 13.0. The van der Waals surface area contributed by atoms with Crippen molar-refractivity contribution < 1.29 is 13.0 Å². The lowest BCUT2D eigenvalue weighted by Crippen LogP contribution is -2.43. The topological polar surface area (TPSA) is 38.0 Å². The number of nitrogens with zero attached hydrogens (tertiary/aromatic N) is 1. The van der Waals surface area contributed by atoms with E-state index in [9.17, 15) is 8.42 Å². The summed E-state index contributed by atoms with van der Waals surface area (Å²) in [6, 6.07) is 17.8. The molecule has 0 unspecified atom stereocenters. The van der Waals surface area contributed by atoms with Crippen LogP contribution in [0, 0.1) is 6.92 Å². The van der Waals surface area contributed by atoms with E-state index in [1.165, 1.54) is 11.1 Å². The van der Waals surface area contributed by atoms with E-state index < -0.39 is 9.84 Å². The number of rotatable bonds is 0. The van der Waals surface area contributed by atoms with Gasteiger partial charge in [-0.1, -0.05) is 30.3 Å². The van der Waals surface area contributed by atoms with Gasteiger partial charge >= 0.3 is 0 Å². The highest BCUT2D eigenvalue weighted by Gasteiger charge is 2.43. The Kier molecular flexibility index (Phi) is 2.64. The van der Waals surface area contributed by atoms with Crippen LogP contribution in [0.25, 0.3) is 22.5 Å². The van der Waals surface area contributed by atoms with E-state index >= 15 is 0 Å². The van der Waals surface area contributed by atoms with Gasteiger partial charge in [-0.05, 0) is 36.2 Å². The summed E-state index contributed by atoms with van der Waals surface area (Å²) in [6.07, 6.45) is 0.922. The van der Waals surface area contributed by atoms with E-state index in [1.807, 2.05) is 31.2 Å². The molecule has 0 bridgehead atoms. The Balaban J connectivity index is 1.95. The van der Waals surface area contributed by atoms with E-state index in [1.54, 1.807) is 12.1 Å². The molecule has 2 aliphatic heterocycles. The van der Waals surface area contributed by atoms with Crippen LogP contribution in [-0.2, 0) is 22.8 Å². The van der Waals surface area contributed by atoms with Crippen LogP contribution < -0.4 is 4.57 Å². The molecule has 2 aromatic carbocycles. The monoisotopic (exact) mass is 334 g/mol. The summed E-state index contributed by atoms with van der Waals surface area (Å²) in [4.78, 5) is 0.912. The van der Waals surface area contributed by atoms with Gasteiger partial charge in [-0.25, -0.2) is 8.42 Å². The van der Waals surface area contributed by atoms with E-state index in [2.05, 4.69) is 22.8 Å². The normalized spacial score (nSPS) is 16.0. The molecule has 0 amide bonds. The van der Waals surface area contributed by atoms with Gasteiger partial charge in [0, 0.05) is 18.1 Å². The quantitative estimate of drug-likeness (QED) is 0.463. The highest BCUT2D eigenvalue weighted by Crippen LogP contribution is 2.44. The van der Waals surface area contributed by atoms with Gasteiger partial charge in [-0.3, -0.25) is 0 Å². The van der Waals surface area contributed by atoms with Crippen LogP contribution in [0.2, 0.25) is 0 Å². The molecule has 24 heavy (non-hydrogen) atoms. The smallest absolute Gasteiger partial charge is 0.218 e. The van der Waals surface area contributed by atoms with Crippen molar-refractivity contribution in [3.63, 3.8) is 0 Å². The average Bonchev–Trinajstić information content (AvgIpc) is 2.84. The molecule has 3 nitrogen and oxygen atoms in total. The fourth-order valence-corrected chi connectivity index (χ4v) is 5.96. The van der Waals surface area contributed by atoms with Crippen molar-refractivity contribution in [1.82, 2.24) is 0 Å². The standard InChI is InChI=1S/C20H16NO2S/c1-13-12-17-15-7-3-2-6-14(15)10-11-21(17)19-16-8-4-5-9-18(16)24(22,23)20(13)19/h2-9,12H,10-11H2,1H3/q+1. The third kappa shape index (κ3) is 1.61. The van der Waals surface area contributed by atoms with Crippen LogP contribution in [0.4, 0.5) is 0 Å². The van der Waals surface area contributed by atoms with Gasteiger partial charge in [0.1, 0.15) is 4.90 Å². The number of aromatic nitrogens is 1. The molecule has 0 N–H and O–H groups in total. The summed E-state index contributed by atoms with van der Waals surface area (Å²) in [7, 11) is -3.43. The molecule has 3 heterocycles. The Morgan fingerprint density at radius 2 is 1.67 bits per heavy atom. The molecule has 5 rings (SSSR count). The molecule has 0 spiro atoms. The number of fused-ring (bicyclic) bond motifs is 7. The maximum atomic E-state index is 13.0. The molecule has 0 saturated heterocycles. The molecule has 1 aromatic heterocycles. The lowest BCUT2D eigenvalue weighted by Gasteiger charge is -2.17. The average molecular weight is 334 g/mol. The Hall–Kier alpha value is -2.46. The first kappa shape index (κ1) is 13.9. The van der Waals surface area contributed by atoms with Gasteiger partial charge in [0.25, 0.3) is 0 Å². The van der Waals surface area contributed by atoms with Crippen molar-refractivity contribution >= 4 is 9.84 Å². The van der Waals surface area contributed by atoms with Gasteiger partial charge in [-0.15, -0.1) is 0 Å². The maximum Gasteiger partial charge on any atom is 0.233 e. The number of pyridine rings is 1. The lowest BCUT2D eigenvalue weighted by atomic mass is 9.95. The third-order valence-corrected chi connectivity index (χ3v) is 7.07. The Morgan fingerprint density at radius 1 is 0.958 bits per heavy atom. The summed E-state index contributed by atoms with van der Waals surface area (Å²) in [5.41, 5.74) is 6.15. The fourth-order valence-electron chi connectivity index (χ4n) is 4.07. The second-order valence-corrected chi connectivity index (χ2v) is 8.30. The predicted octanol–water partition coefficient (Wildman–Crippen LogP) is 3.32. The zero-order valence-electron chi connectivity index (χ0n) is 13.3. The SMILES string of the molecule is Cc1cc2[n+](c3c1S(=O)(=O)c1ccccc1-3)CCc1ccccc1-2. The van der Waals surface area contributed by atoms with E-state index in [0.717, 1.165) is 35.5 Å². The first-order valence-electron chi connectivity index (χ1n) is 8.09. The summed E-state index contributed by atoms with van der Waals surface area (Å²) in [5, 5.41) is 0. The highest BCUT2D eigenvalue weighted by molar-refractivity contribution is 7.92. The number of sulfone groups is 1. The molecule has 0 atom stereocenters. The molecule has 0 aliphatic carbocycles. The third-order valence-electron chi connectivity index (χ3n) is 5.09. The molecular formula is C20H16NO2S+. The van der Waals surface area contributed by atoms with Crippen molar-refractivity contribution in [2.24, 2.45) is 0 Å². The molecule has 118 valence electrons. The Labute approximate surface area is 141 Å². The van der Waals surface area contributed by atoms with Gasteiger partial charge in [0.15, 0.2) is 6.54 Å². The summed E-state index contributed by atoms with van der Waals surface area (Å²) in [5.74, 6) is 0. The zero-order chi connectivity index (χ0) is 16.5. The van der Waals surface area contributed by atoms with Crippen LogP contribution >= 0.6 is 0 Å². The van der Waals surface area contributed by atoms with Crippen LogP contribution in [0.3, 0.4) is 0 Å². The number of aryl methyl sites for hydroxylation is 2. The number of hydrogen-bond acceptors (Lipinski definition) is 2. The van der Waals surface area contributed by atoms with E-state index in [-0.39, 0.29) is 0 Å². The molecule has 4 heteroatoms. The van der Waals surface area contributed by atoms with Gasteiger partial charge in [0.05, 0.1) is 10.5 Å². The van der Waals surface area contributed by atoms with Crippen molar-refractivity contribution in [3.8, 4) is 22.5 Å². The number of hydrogen-bond donors (Lipinski definition) is 0. The van der Waals surface area contributed by atoms with Crippen LogP contribution in [-0.4, -0.2) is 8.42 Å². The molecule has 0 fully saturated rings. The van der Waals surface area contributed by atoms with Crippen LogP contribution in [0.15, 0.2) is 64.4 Å². The molecular weight excluding hydrogens is 318 g/mol. The lowest BCUT2D eigenvalue weighted by molar-refractivity contribution is -0.678. The number of benzene rings is 2. The predicted molar refractivity (Wildman–Crippen MR) is 91.4 cm³/mol. The van der Waals surface area contributed by atoms with E-state index in [4.69, 9.17) is 0 Å². The minimum atomic E-state index is -3.43. The van der Waals surface area contributed by atoms with Gasteiger partial charge in [-0.2, -0.15) is 4.57 Å². The van der Waals surface area contributed by atoms with Crippen molar-refractivity contribution in [3.05, 3.63) is 65.7 Å². The zero-order valence-corrected chi connectivity index (χ0v) is 14.1. The molecule has 3 aromatic rings. The van der Waals surface area contributed by atoms with Crippen LogP contribution in [0.1, 0.15) is 11.1 Å². The Bertz CT molecular complexity index is 1130. The Morgan fingerprint density at radius 3 is 2.50 bits per heavy atom. The summed E-state index contributed by atoms with van der Waals surface area (Å²) in [6.45, 7) is 2.71. The van der Waals surface area contributed by atoms with Crippen molar-refractivity contribution in [2.75, 3.05) is 0 Å². The van der Waals surface area contributed by atoms with Gasteiger partial charge in [0.2, 0.25) is 21.2 Å². The second-order valence-electron chi connectivity index (χ2n) is 6.45. The first-order chi connectivity index (χ1) is 11.6. The van der Waals surface area contributed by atoms with Crippen LogP contribution in [0.5, 0.6) is 0 Å².